The highest BCUT2D eigenvalue weighted by Crippen LogP contribution is 2.22. The fraction of sp³-hybridized carbons (Fsp3) is 0.471. The second-order valence-electron chi connectivity index (χ2n) is 5.94. The number of nitrogens with one attached hydrogen (secondary N) is 2. The summed E-state index contributed by atoms with van der Waals surface area (Å²) in [7, 11) is 0. The number of amides is 2. The monoisotopic (exact) mass is 345 g/mol. The normalized spacial score (nSPS) is 16.6. The maximum atomic E-state index is 12.3. The Kier molecular flexibility index (Phi) is 5.63. The predicted octanol–water partition coefficient (Wildman–Crippen LogP) is 2.96. The van der Waals surface area contributed by atoms with Crippen LogP contribution in [0.3, 0.4) is 0 Å². The van der Waals surface area contributed by atoms with Gasteiger partial charge in [0.1, 0.15) is 0 Å². The minimum Gasteiger partial charge on any atom is -0.348 e. The van der Waals surface area contributed by atoms with Crippen LogP contribution in [0.2, 0.25) is 0 Å². The zero-order chi connectivity index (χ0) is 16.8. The van der Waals surface area contributed by atoms with E-state index in [0.717, 1.165) is 43.0 Å². The van der Waals surface area contributed by atoms with Gasteiger partial charge in [-0.3, -0.25) is 4.98 Å². The summed E-state index contributed by atoms with van der Waals surface area (Å²) in [5.74, 6) is 0. The number of pyridine rings is 1. The number of anilines is 1. The van der Waals surface area contributed by atoms with E-state index in [1.807, 2.05) is 23.7 Å². The maximum absolute atomic E-state index is 12.3. The van der Waals surface area contributed by atoms with Gasteiger partial charge in [0.2, 0.25) is 0 Å². The Balaban J connectivity index is 1.47. The predicted molar refractivity (Wildman–Crippen MR) is 96.3 cm³/mol. The van der Waals surface area contributed by atoms with Crippen molar-refractivity contribution in [3.05, 3.63) is 41.7 Å². The number of carbonyl (C=O) groups excluding carboxylic acids is 1. The van der Waals surface area contributed by atoms with Gasteiger partial charge < -0.3 is 15.5 Å². The average molecular weight is 345 g/mol. The largest absolute Gasteiger partial charge is 0.348 e. The van der Waals surface area contributed by atoms with Crippen LogP contribution < -0.4 is 15.5 Å². The summed E-state index contributed by atoms with van der Waals surface area (Å²) in [6.07, 6.45) is 8.08. The molecule has 0 radical (unpaired) electrons. The first-order valence-corrected chi connectivity index (χ1v) is 9.25. The molecule has 1 atom stereocenters. The quantitative estimate of drug-likeness (QED) is 0.874. The van der Waals surface area contributed by atoms with Crippen molar-refractivity contribution in [3.8, 4) is 0 Å². The Hall–Kier alpha value is -2.15. The zero-order valence-electron chi connectivity index (χ0n) is 13.8. The van der Waals surface area contributed by atoms with Gasteiger partial charge in [-0.25, -0.2) is 9.78 Å². The molecule has 2 aromatic rings. The second-order valence-corrected chi connectivity index (χ2v) is 6.81. The third-order valence-corrected chi connectivity index (χ3v) is 5.17. The molecule has 1 saturated heterocycles. The third-order valence-electron chi connectivity index (χ3n) is 4.34. The van der Waals surface area contributed by atoms with Gasteiger partial charge in [-0.2, -0.15) is 0 Å². The van der Waals surface area contributed by atoms with Crippen LogP contribution in [-0.2, 0) is 0 Å². The van der Waals surface area contributed by atoms with E-state index >= 15 is 0 Å². The zero-order valence-corrected chi connectivity index (χ0v) is 14.6. The van der Waals surface area contributed by atoms with E-state index in [1.54, 1.807) is 23.7 Å². The molecule has 3 rings (SSSR count). The smallest absolute Gasteiger partial charge is 0.315 e. The van der Waals surface area contributed by atoms with Crippen LogP contribution in [0.25, 0.3) is 0 Å². The summed E-state index contributed by atoms with van der Waals surface area (Å²) in [4.78, 5) is 23.0. The van der Waals surface area contributed by atoms with Crippen molar-refractivity contribution in [1.82, 2.24) is 20.6 Å². The first-order chi connectivity index (χ1) is 11.8. The Morgan fingerprint density at radius 2 is 2.08 bits per heavy atom. The lowest BCUT2D eigenvalue weighted by Crippen LogP contribution is -2.48. The van der Waals surface area contributed by atoms with Crippen LogP contribution in [-0.4, -0.2) is 35.1 Å². The van der Waals surface area contributed by atoms with Gasteiger partial charge in [0.05, 0.1) is 6.04 Å². The number of aromatic nitrogens is 2. The van der Waals surface area contributed by atoms with Crippen LogP contribution >= 0.6 is 11.3 Å². The Morgan fingerprint density at radius 1 is 1.33 bits per heavy atom. The van der Waals surface area contributed by atoms with Gasteiger partial charge in [-0.1, -0.05) is 6.92 Å². The van der Waals surface area contributed by atoms with Gasteiger partial charge >= 0.3 is 6.03 Å². The molecule has 3 heterocycles. The summed E-state index contributed by atoms with van der Waals surface area (Å²) in [6.45, 7) is 3.93. The molecule has 0 saturated carbocycles. The highest BCUT2D eigenvalue weighted by molar-refractivity contribution is 7.13. The van der Waals surface area contributed by atoms with Gasteiger partial charge in [-0.15, -0.1) is 11.3 Å². The standard InChI is InChI=1S/C17H23N5OS/c1-2-15(13-3-7-18-8-4-13)21-16(23)20-14-5-10-22(11-6-14)17-19-9-12-24-17/h3-4,7-9,12,14-15H,2,5-6,10-11H2,1H3,(H2,20,21,23). The molecule has 2 N–H and O–H groups in total. The van der Waals surface area contributed by atoms with E-state index in [9.17, 15) is 4.79 Å². The fourth-order valence-corrected chi connectivity index (χ4v) is 3.69. The van der Waals surface area contributed by atoms with E-state index in [1.165, 1.54) is 0 Å². The maximum Gasteiger partial charge on any atom is 0.315 e. The lowest BCUT2D eigenvalue weighted by Gasteiger charge is -2.32. The number of thiazole rings is 1. The minimum atomic E-state index is -0.0913. The van der Waals surface area contributed by atoms with Crippen molar-refractivity contribution in [3.63, 3.8) is 0 Å². The van der Waals surface area contributed by atoms with Crippen molar-refractivity contribution < 1.29 is 4.79 Å². The molecule has 6 nitrogen and oxygen atoms in total. The molecule has 0 aromatic carbocycles. The molecule has 0 spiro atoms. The number of nitrogens with zero attached hydrogens (tertiary/aromatic N) is 3. The van der Waals surface area contributed by atoms with E-state index in [0.29, 0.717) is 0 Å². The Bertz CT molecular complexity index is 626. The van der Waals surface area contributed by atoms with Crippen LogP contribution in [0.15, 0.2) is 36.1 Å². The minimum absolute atomic E-state index is 0.0170. The van der Waals surface area contributed by atoms with Gasteiger partial charge in [0.25, 0.3) is 0 Å². The van der Waals surface area contributed by atoms with Crippen molar-refractivity contribution in [2.75, 3.05) is 18.0 Å². The molecule has 24 heavy (non-hydrogen) atoms. The molecule has 1 aliphatic rings. The molecule has 0 bridgehead atoms. The number of urea groups is 1. The molecule has 0 aliphatic carbocycles. The summed E-state index contributed by atoms with van der Waals surface area (Å²) in [6, 6.07) is 4.04. The van der Waals surface area contributed by atoms with E-state index in [-0.39, 0.29) is 18.1 Å². The topological polar surface area (TPSA) is 70.2 Å². The van der Waals surface area contributed by atoms with Crippen molar-refractivity contribution >= 4 is 22.5 Å². The molecule has 7 heteroatoms. The van der Waals surface area contributed by atoms with Crippen molar-refractivity contribution in [2.24, 2.45) is 0 Å². The Labute approximate surface area is 146 Å². The number of hydrogen-bond acceptors (Lipinski definition) is 5. The number of piperidine rings is 1. The molecular formula is C17H23N5OS. The highest BCUT2D eigenvalue weighted by Gasteiger charge is 2.22. The van der Waals surface area contributed by atoms with Gasteiger partial charge in [0, 0.05) is 43.1 Å². The highest BCUT2D eigenvalue weighted by atomic mass is 32.1. The van der Waals surface area contributed by atoms with E-state index < -0.39 is 0 Å². The first kappa shape index (κ1) is 16.7. The third kappa shape index (κ3) is 4.23. The summed E-state index contributed by atoms with van der Waals surface area (Å²) in [5, 5.41) is 9.25. The SMILES string of the molecule is CCC(NC(=O)NC1CCN(c2nccs2)CC1)c1ccncc1. The summed E-state index contributed by atoms with van der Waals surface area (Å²) in [5.41, 5.74) is 1.08. The fourth-order valence-electron chi connectivity index (χ4n) is 2.99. The van der Waals surface area contributed by atoms with Gasteiger partial charge in [-0.05, 0) is 37.0 Å². The lowest BCUT2D eigenvalue weighted by atomic mass is 10.1. The number of carbonyl (C=O) groups is 1. The van der Waals surface area contributed by atoms with Crippen LogP contribution in [0.5, 0.6) is 0 Å². The van der Waals surface area contributed by atoms with E-state index in [2.05, 4.69) is 32.4 Å². The Morgan fingerprint density at radius 3 is 2.71 bits per heavy atom. The van der Waals surface area contributed by atoms with Crippen molar-refractivity contribution in [2.45, 2.75) is 38.3 Å². The van der Waals surface area contributed by atoms with Gasteiger partial charge in [0.15, 0.2) is 5.13 Å². The molecule has 1 aliphatic heterocycles. The molecule has 128 valence electrons. The molecular weight excluding hydrogens is 322 g/mol. The second kappa shape index (κ2) is 8.10. The molecule has 1 unspecified atom stereocenters. The summed E-state index contributed by atoms with van der Waals surface area (Å²) < 4.78 is 0. The van der Waals surface area contributed by atoms with Crippen LogP contribution in [0, 0.1) is 0 Å². The average Bonchev–Trinajstić information content (AvgIpc) is 3.16. The number of hydrogen-bond donors (Lipinski definition) is 2. The van der Waals surface area contributed by atoms with Crippen LogP contribution in [0.4, 0.5) is 9.93 Å². The van der Waals surface area contributed by atoms with Crippen molar-refractivity contribution in [1.29, 1.82) is 0 Å². The lowest BCUT2D eigenvalue weighted by molar-refractivity contribution is 0.230. The molecule has 2 aromatic heterocycles. The molecule has 2 amide bonds. The summed E-state index contributed by atoms with van der Waals surface area (Å²) >= 11 is 1.66. The first-order valence-electron chi connectivity index (χ1n) is 8.37. The van der Waals surface area contributed by atoms with E-state index in [4.69, 9.17) is 0 Å². The van der Waals surface area contributed by atoms with Crippen LogP contribution in [0.1, 0.15) is 37.8 Å². The number of rotatable bonds is 5. The molecule has 1 fully saturated rings.